The van der Waals surface area contributed by atoms with Gasteiger partial charge in [0.25, 0.3) is 11.5 Å². The number of piperidine rings is 1. The maximum absolute atomic E-state index is 12.4. The first-order valence-electron chi connectivity index (χ1n) is 7.22. The number of carbonyl (C=O) groups is 1. The monoisotopic (exact) mass is 295 g/mol. The van der Waals surface area contributed by atoms with Crippen LogP contribution in [0.15, 0.2) is 15.7 Å². The average Bonchev–Trinajstić information content (AvgIpc) is 2.46. The maximum Gasteiger partial charge on any atom is 0.326 e. The summed E-state index contributed by atoms with van der Waals surface area (Å²) in [6.07, 6.45) is 4.03. The Bertz CT molecular complexity index is 564. The molecule has 1 unspecified atom stereocenters. The fraction of sp³-hybridized carbons (Fsp3) is 0.643. The molecule has 1 aromatic heterocycles. The van der Waals surface area contributed by atoms with E-state index >= 15 is 0 Å². The summed E-state index contributed by atoms with van der Waals surface area (Å²) < 4.78 is 5.04. The van der Waals surface area contributed by atoms with E-state index in [9.17, 15) is 14.4 Å². The Morgan fingerprint density at radius 2 is 2.24 bits per heavy atom. The van der Waals surface area contributed by atoms with Gasteiger partial charge in [0.2, 0.25) is 0 Å². The van der Waals surface area contributed by atoms with Gasteiger partial charge < -0.3 is 14.6 Å². The van der Waals surface area contributed by atoms with E-state index in [0.717, 1.165) is 38.4 Å². The van der Waals surface area contributed by atoms with Gasteiger partial charge in [0.05, 0.1) is 0 Å². The van der Waals surface area contributed by atoms with Crippen molar-refractivity contribution in [3.05, 3.63) is 32.6 Å². The SMILES string of the molecule is COCCCC1CCCN(C(=O)c2cc(=O)[nH]c(=O)[nH]2)C1. The molecule has 0 aromatic carbocycles. The molecule has 2 rings (SSSR count). The van der Waals surface area contributed by atoms with E-state index in [1.165, 1.54) is 0 Å². The van der Waals surface area contributed by atoms with Crippen LogP contribution in [0.2, 0.25) is 0 Å². The molecule has 2 heterocycles. The first-order chi connectivity index (χ1) is 10.1. The van der Waals surface area contributed by atoms with Crippen LogP contribution in [0.5, 0.6) is 0 Å². The number of hydrogen-bond donors (Lipinski definition) is 2. The predicted molar refractivity (Wildman–Crippen MR) is 77.4 cm³/mol. The Morgan fingerprint density at radius 3 is 2.95 bits per heavy atom. The van der Waals surface area contributed by atoms with Crippen LogP contribution in [0.1, 0.15) is 36.2 Å². The molecule has 21 heavy (non-hydrogen) atoms. The number of nitrogens with zero attached hydrogens (tertiary/aromatic N) is 1. The number of carbonyl (C=O) groups excluding carboxylic acids is 1. The molecule has 0 radical (unpaired) electrons. The maximum atomic E-state index is 12.4. The van der Waals surface area contributed by atoms with Crippen LogP contribution < -0.4 is 11.2 Å². The van der Waals surface area contributed by atoms with Crippen LogP contribution in [0.25, 0.3) is 0 Å². The van der Waals surface area contributed by atoms with Gasteiger partial charge in [-0.2, -0.15) is 0 Å². The minimum atomic E-state index is -0.653. The summed E-state index contributed by atoms with van der Waals surface area (Å²) in [6, 6.07) is 1.14. The molecule has 7 nitrogen and oxygen atoms in total. The van der Waals surface area contributed by atoms with Gasteiger partial charge in [-0.15, -0.1) is 0 Å². The Balaban J connectivity index is 2.01. The van der Waals surface area contributed by atoms with Crippen molar-refractivity contribution in [2.45, 2.75) is 25.7 Å². The third-order valence-electron chi connectivity index (χ3n) is 3.76. The van der Waals surface area contributed by atoms with Gasteiger partial charge >= 0.3 is 5.69 Å². The van der Waals surface area contributed by atoms with Gasteiger partial charge in [0.1, 0.15) is 5.69 Å². The van der Waals surface area contributed by atoms with Crippen LogP contribution in [-0.2, 0) is 4.74 Å². The normalized spacial score (nSPS) is 18.7. The van der Waals surface area contributed by atoms with E-state index in [4.69, 9.17) is 4.74 Å². The van der Waals surface area contributed by atoms with E-state index in [0.29, 0.717) is 19.0 Å². The lowest BCUT2D eigenvalue weighted by Gasteiger charge is -2.32. The van der Waals surface area contributed by atoms with Gasteiger partial charge in [-0.1, -0.05) is 0 Å². The number of aromatic amines is 2. The molecular formula is C14H21N3O4. The molecule has 1 saturated heterocycles. The number of amides is 1. The summed E-state index contributed by atoms with van der Waals surface area (Å²) >= 11 is 0. The van der Waals surface area contributed by atoms with Crippen LogP contribution in [0, 0.1) is 5.92 Å². The Hall–Kier alpha value is -1.89. The van der Waals surface area contributed by atoms with Crippen molar-refractivity contribution in [2.75, 3.05) is 26.8 Å². The quantitative estimate of drug-likeness (QED) is 0.766. The fourth-order valence-electron chi connectivity index (χ4n) is 2.76. The van der Waals surface area contributed by atoms with Gasteiger partial charge in [0.15, 0.2) is 0 Å². The number of aromatic nitrogens is 2. The molecule has 0 spiro atoms. The molecule has 1 aliphatic rings. The van der Waals surface area contributed by atoms with Crippen molar-refractivity contribution < 1.29 is 9.53 Å². The van der Waals surface area contributed by atoms with E-state index < -0.39 is 11.2 Å². The molecule has 2 N–H and O–H groups in total. The lowest BCUT2D eigenvalue weighted by atomic mass is 9.93. The zero-order chi connectivity index (χ0) is 15.2. The summed E-state index contributed by atoms with van der Waals surface area (Å²) in [5.41, 5.74) is -1.16. The summed E-state index contributed by atoms with van der Waals surface area (Å²) in [5.74, 6) is 0.168. The van der Waals surface area contributed by atoms with Crippen molar-refractivity contribution in [1.82, 2.24) is 14.9 Å². The van der Waals surface area contributed by atoms with Gasteiger partial charge in [-0.25, -0.2) is 4.79 Å². The van der Waals surface area contributed by atoms with Crippen molar-refractivity contribution in [3.8, 4) is 0 Å². The molecule has 0 aliphatic carbocycles. The van der Waals surface area contributed by atoms with Crippen molar-refractivity contribution in [2.24, 2.45) is 5.92 Å². The fourth-order valence-corrected chi connectivity index (χ4v) is 2.76. The van der Waals surface area contributed by atoms with Gasteiger partial charge in [-0.05, 0) is 31.6 Å². The highest BCUT2D eigenvalue weighted by atomic mass is 16.5. The number of methoxy groups -OCH3 is 1. The minimum Gasteiger partial charge on any atom is -0.385 e. The lowest BCUT2D eigenvalue weighted by molar-refractivity contribution is 0.0654. The Morgan fingerprint density at radius 1 is 1.43 bits per heavy atom. The van der Waals surface area contributed by atoms with Crippen molar-refractivity contribution >= 4 is 5.91 Å². The molecule has 116 valence electrons. The Labute approximate surface area is 122 Å². The molecule has 7 heteroatoms. The lowest BCUT2D eigenvalue weighted by Crippen LogP contribution is -2.41. The number of rotatable bonds is 5. The van der Waals surface area contributed by atoms with E-state index in [1.54, 1.807) is 12.0 Å². The first-order valence-corrected chi connectivity index (χ1v) is 7.22. The van der Waals surface area contributed by atoms with Crippen molar-refractivity contribution in [3.63, 3.8) is 0 Å². The topological polar surface area (TPSA) is 95.3 Å². The Kier molecular flexibility index (Phi) is 5.32. The minimum absolute atomic E-state index is 0.0568. The second-order valence-corrected chi connectivity index (χ2v) is 5.40. The second-order valence-electron chi connectivity index (χ2n) is 5.40. The highest BCUT2D eigenvalue weighted by Gasteiger charge is 2.24. The molecule has 1 fully saturated rings. The highest BCUT2D eigenvalue weighted by Crippen LogP contribution is 2.21. The number of nitrogens with one attached hydrogen (secondary N) is 2. The van der Waals surface area contributed by atoms with E-state index in [1.807, 2.05) is 0 Å². The van der Waals surface area contributed by atoms with Gasteiger partial charge in [-0.3, -0.25) is 14.6 Å². The third-order valence-corrected chi connectivity index (χ3v) is 3.76. The molecule has 1 aromatic rings. The molecule has 1 atom stereocenters. The summed E-state index contributed by atoms with van der Waals surface area (Å²) in [7, 11) is 1.68. The van der Waals surface area contributed by atoms with E-state index in [2.05, 4.69) is 9.97 Å². The third kappa shape index (κ3) is 4.29. The molecule has 0 saturated carbocycles. The molecule has 0 bridgehead atoms. The largest absolute Gasteiger partial charge is 0.385 e. The zero-order valence-corrected chi connectivity index (χ0v) is 12.2. The molecular weight excluding hydrogens is 274 g/mol. The standard InChI is InChI=1S/C14H21N3O4/c1-21-7-3-5-10-4-2-6-17(9-10)13(19)11-8-12(18)16-14(20)15-11/h8,10H,2-7,9H2,1H3,(H2,15,16,18,20). The predicted octanol–water partition coefficient (Wildman–Crippen LogP) is 0.342. The second kappa shape index (κ2) is 7.21. The van der Waals surface area contributed by atoms with Crippen molar-refractivity contribution in [1.29, 1.82) is 0 Å². The number of ether oxygens (including phenoxy) is 1. The zero-order valence-electron chi connectivity index (χ0n) is 12.2. The first kappa shape index (κ1) is 15.5. The smallest absolute Gasteiger partial charge is 0.326 e. The highest BCUT2D eigenvalue weighted by molar-refractivity contribution is 5.92. The summed E-state index contributed by atoms with van der Waals surface area (Å²) in [4.78, 5) is 41.0. The number of hydrogen-bond acceptors (Lipinski definition) is 4. The van der Waals surface area contributed by atoms with Crippen LogP contribution in [0.4, 0.5) is 0 Å². The molecule has 1 aliphatic heterocycles. The van der Waals surface area contributed by atoms with Crippen LogP contribution in [0.3, 0.4) is 0 Å². The van der Waals surface area contributed by atoms with Crippen LogP contribution >= 0.6 is 0 Å². The van der Waals surface area contributed by atoms with Crippen LogP contribution in [-0.4, -0.2) is 47.6 Å². The number of H-pyrrole nitrogens is 2. The number of likely N-dealkylation sites (tertiary alicyclic amines) is 1. The summed E-state index contributed by atoms with van der Waals surface area (Å²) in [5, 5.41) is 0. The molecule has 1 amide bonds. The van der Waals surface area contributed by atoms with E-state index in [-0.39, 0.29) is 11.6 Å². The average molecular weight is 295 g/mol. The van der Waals surface area contributed by atoms with Gasteiger partial charge in [0, 0.05) is 32.9 Å². The summed E-state index contributed by atoms with van der Waals surface area (Å²) in [6.45, 7) is 2.05.